The van der Waals surface area contributed by atoms with E-state index < -0.39 is 0 Å². The zero-order valence-corrected chi connectivity index (χ0v) is 9.88. The van der Waals surface area contributed by atoms with E-state index in [2.05, 4.69) is 0 Å². The molecular formula is C11H18ClNO2. The second-order valence-corrected chi connectivity index (χ2v) is 3.38. The number of ether oxygens (including phenoxy) is 1. The summed E-state index contributed by atoms with van der Waals surface area (Å²) >= 11 is 0. The number of aromatic hydroxyl groups is 1. The molecule has 1 unspecified atom stereocenters. The average Bonchev–Trinajstić information content (AvgIpc) is 2.18. The Morgan fingerprint density at radius 2 is 2.13 bits per heavy atom. The molecule has 0 aliphatic carbocycles. The van der Waals surface area contributed by atoms with E-state index in [1.807, 2.05) is 13.0 Å². The zero-order valence-electron chi connectivity index (χ0n) is 9.06. The third-order valence-electron chi connectivity index (χ3n) is 2.27. The fourth-order valence-electron chi connectivity index (χ4n) is 1.31. The molecule has 0 spiro atoms. The van der Waals surface area contributed by atoms with E-state index in [4.69, 9.17) is 10.5 Å². The first-order valence-electron chi connectivity index (χ1n) is 4.78. The Bertz CT molecular complexity index is 305. The molecule has 0 saturated heterocycles. The summed E-state index contributed by atoms with van der Waals surface area (Å²) in [6.07, 6.45) is 1.72. The van der Waals surface area contributed by atoms with Crippen LogP contribution in [-0.2, 0) is 6.42 Å². The maximum atomic E-state index is 9.51. The smallest absolute Gasteiger partial charge is 0.160 e. The van der Waals surface area contributed by atoms with E-state index in [-0.39, 0.29) is 24.2 Å². The molecule has 3 N–H and O–H groups in total. The van der Waals surface area contributed by atoms with Crippen LogP contribution in [0.3, 0.4) is 0 Å². The molecule has 0 heterocycles. The number of hydrogen-bond acceptors (Lipinski definition) is 3. The van der Waals surface area contributed by atoms with Crippen LogP contribution >= 0.6 is 12.4 Å². The maximum Gasteiger partial charge on any atom is 0.160 e. The lowest BCUT2D eigenvalue weighted by Gasteiger charge is -2.10. The first kappa shape index (κ1) is 14.1. The van der Waals surface area contributed by atoms with Crippen molar-refractivity contribution in [3.63, 3.8) is 0 Å². The normalized spacial score (nSPS) is 11.7. The lowest BCUT2D eigenvalue weighted by Crippen LogP contribution is -2.21. The molecule has 1 aromatic carbocycles. The van der Waals surface area contributed by atoms with Gasteiger partial charge in [0.15, 0.2) is 11.5 Å². The van der Waals surface area contributed by atoms with Crippen molar-refractivity contribution in [3.05, 3.63) is 23.8 Å². The highest BCUT2D eigenvalue weighted by atomic mass is 35.5. The summed E-state index contributed by atoms with van der Waals surface area (Å²) in [4.78, 5) is 0. The number of benzene rings is 1. The molecule has 1 atom stereocenters. The van der Waals surface area contributed by atoms with Crippen molar-refractivity contribution in [2.24, 2.45) is 5.73 Å². The molecular weight excluding hydrogens is 214 g/mol. The Hall–Kier alpha value is -0.930. The number of rotatable bonds is 4. The van der Waals surface area contributed by atoms with Gasteiger partial charge in [0.05, 0.1) is 7.11 Å². The van der Waals surface area contributed by atoms with Gasteiger partial charge in [-0.05, 0) is 30.5 Å². The van der Waals surface area contributed by atoms with Gasteiger partial charge in [0.2, 0.25) is 0 Å². The second kappa shape index (κ2) is 6.53. The first-order valence-corrected chi connectivity index (χ1v) is 4.78. The van der Waals surface area contributed by atoms with Gasteiger partial charge in [0.1, 0.15) is 0 Å². The Morgan fingerprint density at radius 3 is 2.60 bits per heavy atom. The van der Waals surface area contributed by atoms with Crippen LogP contribution in [0.2, 0.25) is 0 Å². The largest absolute Gasteiger partial charge is 0.504 e. The summed E-state index contributed by atoms with van der Waals surface area (Å²) in [6, 6.07) is 5.54. The van der Waals surface area contributed by atoms with Crippen molar-refractivity contribution in [1.82, 2.24) is 0 Å². The van der Waals surface area contributed by atoms with E-state index in [1.165, 1.54) is 7.11 Å². The lowest BCUT2D eigenvalue weighted by molar-refractivity contribution is 0.373. The predicted molar refractivity (Wildman–Crippen MR) is 63.9 cm³/mol. The summed E-state index contributed by atoms with van der Waals surface area (Å²) in [5, 5.41) is 9.51. The van der Waals surface area contributed by atoms with Gasteiger partial charge in [-0.15, -0.1) is 12.4 Å². The molecule has 0 aliphatic heterocycles. The number of nitrogens with two attached hydrogens (primary N) is 1. The molecule has 0 radical (unpaired) electrons. The number of methoxy groups -OCH3 is 1. The molecule has 0 bridgehead atoms. The van der Waals surface area contributed by atoms with Crippen molar-refractivity contribution >= 4 is 12.4 Å². The number of halogens is 1. The van der Waals surface area contributed by atoms with Crippen LogP contribution in [0.5, 0.6) is 11.5 Å². The van der Waals surface area contributed by atoms with E-state index in [9.17, 15) is 5.11 Å². The van der Waals surface area contributed by atoms with Gasteiger partial charge in [-0.2, -0.15) is 0 Å². The maximum absolute atomic E-state index is 9.51. The molecule has 86 valence electrons. The standard InChI is InChI=1S/C11H17NO2.ClH/c1-3-9(12)6-8-4-5-11(14-2)10(13)7-8;/h4-5,7,9,13H,3,6,12H2,1-2H3;1H. The minimum Gasteiger partial charge on any atom is -0.504 e. The van der Waals surface area contributed by atoms with Crippen LogP contribution in [0.25, 0.3) is 0 Å². The van der Waals surface area contributed by atoms with Crippen LogP contribution in [0.15, 0.2) is 18.2 Å². The van der Waals surface area contributed by atoms with E-state index in [0.29, 0.717) is 5.75 Å². The monoisotopic (exact) mass is 231 g/mol. The summed E-state index contributed by atoms with van der Waals surface area (Å²) < 4.78 is 4.95. The molecule has 0 fully saturated rings. The lowest BCUT2D eigenvalue weighted by atomic mass is 10.0. The average molecular weight is 232 g/mol. The van der Waals surface area contributed by atoms with Crippen molar-refractivity contribution in [3.8, 4) is 11.5 Å². The molecule has 1 rings (SSSR count). The second-order valence-electron chi connectivity index (χ2n) is 3.38. The highest BCUT2D eigenvalue weighted by Gasteiger charge is 2.05. The zero-order chi connectivity index (χ0) is 10.6. The Labute approximate surface area is 96.7 Å². The van der Waals surface area contributed by atoms with E-state index in [1.54, 1.807) is 12.1 Å². The molecule has 15 heavy (non-hydrogen) atoms. The van der Waals surface area contributed by atoms with Gasteiger partial charge in [0, 0.05) is 6.04 Å². The quantitative estimate of drug-likeness (QED) is 0.835. The molecule has 4 heteroatoms. The summed E-state index contributed by atoms with van der Waals surface area (Å²) in [7, 11) is 1.53. The summed E-state index contributed by atoms with van der Waals surface area (Å²) in [6.45, 7) is 2.05. The van der Waals surface area contributed by atoms with Gasteiger partial charge in [-0.1, -0.05) is 13.0 Å². The van der Waals surface area contributed by atoms with Crippen LogP contribution in [0, 0.1) is 0 Å². The third-order valence-corrected chi connectivity index (χ3v) is 2.27. The molecule has 0 aliphatic rings. The van der Waals surface area contributed by atoms with Crippen LogP contribution < -0.4 is 10.5 Å². The molecule has 0 aromatic heterocycles. The number of hydrogen-bond donors (Lipinski definition) is 2. The van der Waals surface area contributed by atoms with Gasteiger partial charge in [-0.3, -0.25) is 0 Å². The SMILES string of the molecule is CCC(N)Cc1ccc(OC)c(O)c1.Cl. The highest BCUT2D eigenvalue weighted by Crippen LogP contribution is 2.26. The van der Waals surface area contributed by atoms with Crippen LogP contribution in [-0.4, -0.2) is 18.3 Å². The summed E-state index contributed by atoms with van der Waals surface area (Å²) in [5.41, 5.74) is 6.85. The minimum atomic E-state index is 0. The predicted octanol–water partition coefficient (Wildman–Crippen LogP) is 2.10. The van der Waals surface area contributed by atoms with Gasteiger partial charge < -0.3 is 15.6 Å². The highest BCUT2D eigenvalue weighted by molar-refractivity contribution is 5.85. The molecule has 3 nitrogen and oxygen atoms in total. The fourth-order valence-corrected chi connectivity index (χ4v) is 1.31. The minimum absolute atomic E-state index is 0. The van der Waals surface area contributed by atoms with E-state index >= 15 is 0 Å². The number of phenolic OH excluding ortho intramolecular Hbond substituents is 1. The van der Waals surface area contributed by atoms with Crippen LogP contribution in [0.4, 0.5) is 0 Å². The molecule has 0 amide bonds. The molecule has 0 saturated carbocycles. The summed E-state index contributed by atoms with van der Waals surface area (Å²) in [5.74, 6) is 0.673. The number of phenols is 1. The topological polar surface area (TPSA) is 55.5 Å². The van der Waals surface area contributed by atoms with Gasteiger partial charge in [-0.25, -0.2) is 0 Å². The van der Waals surface area contributed by atoms with Crippen molar-refractivity contribution < 1.29 is 9.84 Å². The van der Waals surface area contributed by atoms with Crippen LogP contribution in [0.1, 0.15) is 18.9 Å². The molecule has 1 aromatic rings. The van der Waals surface area contributed by atoms with Crippen molar-refractivity contribution in [2.45, 2.75) is 25.8 Å². The van der Waals surface area contributed by atoms with Crippen molar-refractivity contribution in [2.75, 3.05) is 7.11 Å². The Balaban J connectivity index is 0.00000196. The first-order chi connectivity index (χ1) is 6.67. The van der Waals surface area contributed by atoms with Crippen molar-refractivity contribution in [1.29, 1.82) is 0 Å². The Morgan fingerprint density at radius 1 is 1.47 bits per heavy atom. The van der Waals surface area contributed by atoms with E-state index in [0.717, 1.165) is 18.4 Å². The third kappa shape index (κ3) is 3.98. The van der Waals surface area contributed by atoms with Gasteiger partial charge >= 0.3 is 0 Å². The fraction of sp³-hybridized carbons (Fsp3) is 0.455. The van der Waals surface area contributed by atoms with Gasteiger partial charge in [0.25, 0.3) is 0 Å². The Kier molecular flexibility index (Phi) is 6.13.